The van der Waals surface area contributed by atoms with Crippen molar-refractivity contribution in [2.24, 2.45) is 0 Å². The Morgan fingerprint density at radius 1 is 0.273 bits per heavy atom. The molecule has 1 fully saturated rings. The van der Waals surface area contributed by atoms with Crippen molar-refractivity contribution in [2.75, 3.05) is 52.9 Å². The Labute approximate surface area is 276 Å². The van der Waals surface area contributed by atoms with E-state index in [1.165, 1.54) is 0 Å². The zero-order valence-electron chi connectivity index (χ0n) is 30.2. The van der Waals surface area contributed by atoms with Gasteiger partial charge in [0.1, 0.15) is 0 Å². The fourth-order valence-corrected chi connectivity index (χ4v) is 31.6. The van der Waals surface area contributed by atoms with Gasteiger partial charge < -0.3 is 35.4 Å². The maximum atomic E-state index is 7.75. The van der Waals surface area contributed by atoms with Crippen LogP contribution in [0.3, 0.4) is 0 Å². The minimum Gasteiger partial charge on any atom is -0.415 e. The predicted molar refractivity (Wildman–Crippen MR) is 191 cm³/mol. The van der Waals surface area contributed by atoms with E-state index < -0.39 is 34.2 Å². The van der Waals surface area contributed by atoms with E-state index in [1.54, 1.807) is 0 Å². The Morgan fingerprint density at radius 2 is 0.477 bits per heavy atom. The molecule has 1 aliphatic rings. The number of hydrogen-bond donors (Lipinski definition) is 0. The van der Waals surface area contributed by atoms with Gasteiger partial charge in [0, 0.05) is 77.0 Å². The van der Waals surface area contributed by atoms with Crippen LogP contribution in [0.4, 0.5) is 0 Å². The van der Waals surface area contributed by atoms with Crippen LogP contribution in [-0.2, 0) is 35.4 Å². The molecule has 1 rings (SSSR count). The van der Waals surface area contributed by atoms with Crippen LogP contribution in [0, 0.1) is 0 Å². The van der Waals surface area contributed by atoms with Crippen molar-refractivity contribution >= 4 is 34.2 Å². The van der Waals surface area contributed by atoms with Gasteiger partial charge in [0.05, 0.1) is 0 Å². The van der Waals surface area contributed by atoms with Crippen molar-refractivity contribution in [3.05, 3.63) is 0 Å². The van der Waals surface area contributed by atoms with Crippen molar-refractivity contribution in [3.63, 3.8) is 0 Å². The maximum absolute atomic E-state index is 7.75. The van der Waals surface area contributed by atoms with E-state index in [2.05, 4.69) is 55.4 Å². The van der Waals surface area contributed by atoms with E-state index in [0.717, 1.165) is 126 Å². The molecule has 0 aromatic carbocycles. The molecule has 264 valence electrons. The third-order valence-electron chi connectivity index (χ3n) is 7.91. The highest BCUT2D eigenvalue weighted by Gasteiger charge is 2.61. The van der Waals surface area contributed by atoms with E-state index in [4.69, 9.17) is 35.4 Å². The van der Waals surface area contributed by atoms with Crippen molar-refractivity contribution in [1.82, 2.24) is 0 Å². The lowest BCUT2D eigenvalue weighted by molar-refractivity contribution is 0.119. The van der Waals surface area contributed by atoms with Crippen molar-refractivity contribution in [1.29, 1.82) is 0 Å². The summed E-state index contributed by atoms with van der Waals surface area (Å²) in [4.78, 5) is 0. The molecule has 0 bridgehead atoms. The van der Waals surface area contributed by atoms with E-state index >= 15 is 0 Å². The number of hydrogen-bond acceptors (Lipinski definition) is 8. The van der Waals surface area contributed by atoms with Gasteiger partial charge in [-0.25, -0.2) is 0 Å². The molecule has 0 saturated carbocycles. The molecule has 0 N–H and O–H groups in total. The first kappa shape index (κ1) is 42.6. The Hall–Kier alpha value is 0.548. The third kappa shape index (κ3) is 15.6. The summed E-state index contributed by atoms with van der Waals surface area (Å²) in [6, 6.07) is 6.99. The van der Waals surface area contributed by atoms with Crippen LogP contribution in [0.1, 0.15) is 107 Å². The average molecular weight is 697 g/mol. The quantitative estimate of drug-likeness (QED) is 0.0592. The summed E-state index contributed by atoms with van der Waals surface area (Å²) in [5.41, 5.74) is 0. The lowest BCUT2D eigenvalue weighted by Crippen LogP contribution is -2.70. The van der Waals surface area contributed by atoms with Crippen LogP contribution in [0.2, 0.25) is 48.4 Å². The van der Waals surface area contributed by atoms with Crippen molar-refractivity contribution < 1.29 is 35.4 Å². The predicted octanol–water partition coefficient (Wildman–Crippen LogP) is 9.18. The minimum atomic E-state index is -2.80. The summed E-state index contributed by atoms with van der Waals surface area (Å²) in [5, 5.41) is 0. The molecule has 8 nitrogen and oxygen atoms in total. The molecular formula is C32H72O8Si4. The zero-order chi connectivity index (χ0) is 32.6. The van der Waals surface area contributed by atoms with Gasteiger partial charge in [-0.1, -0.05) is 81.1 Å². The monoisotopic (exact) mass is 696 g/mol. The highest BCUT2D eigenvalue weighted by Crippen LogP contribution is 2.44. The summed E-state index contributed by atoms with van der Waals surface area (Å²) in [5.74, 6) is 0. The summed E-state index contributed by atoms with van der Waals surface area (Å²) in [6.07, 6.45) is 8.06. The van der Waals surface area contributed by atoms with Gasteiger partial charge in [0.15, 0.2) is 0 Å². The second-order valence-corrected chi connectivity index (χ2v) is 27.1. The van der Waals surface area contributed by atoms with E-state index in [1.807, 2.05) is 0 Å². The molecule has 0 aromatic heterocycles. The summed E-state index contributed by atoms with van der Waals surface area (Å²) in [6.45, 7) is 23.4. The van der Waals surface area contributed by atoms with Crippen LogP contribution in [-0.4, -0.2) is 87.1 Å². The molecule has 1 heterocycles. The summed E-state index contributed by atoms with van der Waals surface area (Å²) >= 11 is 0. The van der Waals surface area contributed by atoms with Gasteiger partial charge in [0.25, 0.3) is 0 Å². The first-order valence-electron chi connectivity index (χ1n) is 18.4. The Bertz CT molecular complexity index is 571. The SMILES string of the molecule is CCCOCC[Si]1(CCC)O[Si](CCC)(CCOCCC)O[Si](CCC)(CCOCCC)O[Si](CCC)(CCOCCC)O1. The molecule has 0 aromatic rings. The molecule has 0 radical (unpaired) electrons. The second kappa shape index (κ2) is 24.7. The van der Waals surface area contributed by atoms with Crippen molar-refractivity contribution in [3.8, 4) is 0 Å². The van der Waals surface area contributed by atoms with Gasteiger partial charge in [-0.3, -0.25) is 0 Å². The largest absolute Gasteiger partial charge is 0.415 e. The normalized spacial score (nSPS) is 27.8. The fraction of sp³-hybridized carbons (Fsp3) is 1.00. The standard InChI is InChI=1S/C32H72O8Si4/c1-9-17-33-21-29-41(25-13-5)37-42(26-14-6,30-22-34-18-10-2)39-44(28-16-8,32-24-36-20-12-4)40-43(38-41,27-15-7)31-23-35-19-11-3/h9-32H2,1-8H3. The van der Waals surface area contributed by atoms with Crippen LogP contribution in [0.25, 0.3) is 0 Å². The highest BCUT2D eigenvalue weighted by molar-refractivity contribution is 6.95. The molecule has 0 atom stereocenters. The summed E-state index contributed by atoms with van der Waals surface area (Å²) < 4.78 is 55.5. The van der Waals surface area contributed by atoms with E-state index in [-0.39, 0.29) is 0 Å². The first-order valence-corrected chi connectivity index (χ1v) is 27.4. The van der Waals surface area contributed by atoms with Gasteiger partial charge in [-0.2, -0.15) is 0 Å². The molecule has 1 aliphatic heterocycles. The second-order valence-electron chi connectivity index (χ2n) is 12.5. The number of rotatable bonds is 28. The first-order chi connectivity index (χ1) is 21.3. The van der Waals surface area contributed by atoms with E-state index in [0.29, 0.717) is 26.4 Å². The molecular weight excluding hydrogens is 625 g/mol. The molecule has 44 heavy (non-hydrogen) atoms. The Balaban J connectivity index is 3.79. The highest BCUT2D eigenvalue weighted by atomic mass is 28.5. The van der Waals surface area contributed by atoms with Crippen LogP contribution < -0.4 is 0 Å². The molecule has 1 saturated heterocycles. The van der Waals surface area contributed by atoms with Gasteiger partial charge in [0.2, 0.25) is 0 Å². The van der Waals surface area contributed by atoms with Crippen LogP contribution in [0.15, 0.2) is 0 Å². The lowest BCUT2D eigenvalue weighted by atomic mass is 10.5. The van der Waals surface area contributed by atoms with Crippen molar-refractivity contribution in [2.45, 2.75) is 155 Å². The van der Waals surface area contributed by atoms with Crippen LogP contribution >= 0.6 is 0 Å². The Kier molecular flexibility index (Phi) is 23.9. The molecule has 0 unspecified atom stereocenters. The van der Waals surface area contributed by atoms with Crippen LogP contribution in [0.5, 0.6) is 0 Å². The van der Waals surface area contributed by atoms with Gasteiger partial charge >= 0.3 is 34.2 Å². The zero-order valence-corrected chi connectivity index (χ0v) is 34.2. The molecule has 0 aliphatic carbocycles. The van der Waals surface area contributed by atoms with Gasteiger partial charge in [-0.05, 0) is 49.9 Å². The Morgan fingerprint density at radius 3 is 0.636 bits per heavy atom. The smallest absolute Gasteiger partial charge is 0.322 e. The van der Waals surface area contributed by atoms with E-state index in [9.17, 15) is 0 Å². The average Bonchev–Trinajstić information content (AvgIpc) is 2.98. The fourth-order valence-electron chi connectivity index (χ4n) is 6.18. The third-order valence-corrected chi connectivity index (χ3v) is 28.7. The lowest BCUT2D eigenvalue weighted by Gasteiger charge is -2.54. The number of ether oxygens (including phenoxy) is 4. The minimum absolute atomic E-state index is 0.661. The molecule has 0 spiro atoms. The molecule has 0 amide bonds. The maximum Gasteiger partial charge on any atom is 0.322 e. The summed E-state index contributed by atoms with van der Waals surface area (Å²) in [7, 11) is -11.2. The molecule has 12 heteroatoms. The topological polar surface area (TPSA) is 73.8 Å². The van der Waals surface area contributed by atoms with Gasteiger partial charge in [-0.15, -0.1) is 0 Å².